The van der Waals surface area contributed by atoms with E-state index in [1.54, 1.807) is 12.1 Å². The molecule has 0 bridgehead atoms. The molecule has 0 aliphatic carbocycles. The summed E-state index contributed by atoms with van der Waals surface area (Å²) in [5.41, 5.74) is 0.530. The minimum absolute atomic E-state index is 0.125. The Morgan fingerprint density at radius 2 is 2.04 bits per heavy atom. The van der Waals surface area contributed by atoms with Crippen LogP contribution in [0.15, 0.2) is 18.2 Å². The number of nitrogens with one attached hydrogen (secondary N) is 1. The van der Waals surface area contributed by atoms with Crippen LogP contribution in [0.4, 0.5) is 5.69 Å². The molecule has 0 aliphatic heterocycles. The van der Waals surface area contributed by atoms with E-state index in [0.717, 1.165) is 19.3 Å². The number of nitrogens with zero attached hydrogens (tertiary/aromatic N) is 1. The molecule has 1 aromatic carbocycles. The highest BCUT2D eigenvalue weighted by molar-refractivity contribution is 7.90. The van der Waals surface area contributed by atoms with Crippen molar-refractivity contribution in [3.05, 3.63) is 23.8 Å². The van der Waals surface area contributed by atoms with Crippen LogP contribution in [0.25, 0.3) is 0 Å². The fraction of sp³-hybridized carbons (Fsp3) is 0.588. The lowest BCUT2D eigenvalue weighted by molar-refractivity contribution is 0.214. The Hall–Kier alpha value is -1.78. The van der Waals surface area contributed by atoms with E-state index >= 15 is 0 Å². The number of benzene rings is 1. The smallest absolute Gasteiger partial charge is 0.296 e. The molecule has 1 unspecified atom stereocenters. The maximum absolute atomic E-state index is 11.2. The number of ether oxygens (including phenoxy) is 1. The molecule has 0 amide bonds. The predicted octanol–water partition coefficient (Wildman–Crippen LogP) is 3.40. The third-order valence-corrected chi connectivity index (χ3v) is 4.25. The highest BCUT2D eigenvalue weighted by Crippen LogP contribution is 2.29. The van der Waals surface area contributed by atoms with Gasteiger partial charge in [-0.2, -0.15) is 13.7 Å². The molecule has 0 fully saturated rings. The molecule has 24 heavy (non-hydrogen) atoms. The Labute approximate surface area is 145 Å². The Morgan fingerprint density at radius 3 is 2.54 bits per heavy atom. The van der Waals surface area contributed by atoms with E-state index in [2.05, 4.69) is 32.4 Å². The Kier molecular flexibility index (Phi) is 7.06. The van der Waals surface area contributed by atoms with Gasteiger partial charge in [-0.15, -0.1) is 0 Å². The normalized spacial score (nSPS) is 13.2. The summed E-state index contributed by atoms with van der Waals surface area (Å²) in [6, 6.07) is 6.74. The second-order valence-electron chi connectivity index (χ2n) is 7.12. The van der Waals surface area contributed by atoms with Crippen LogP contribution in [0.1, 0.15) is 52.5 Å². The standard InChI is InChI=1S/C17H27N3O3S/c1-5-13(9-10-17(2,3)4)12-23-16-8-6-7-15(14(16)11-18)20-24(19,21)22/h6-8,13,20H,5,9-10,12H2,1-4H3,(H2,19,21,22). The van der Waals surface area contributed by atoms with Crippen molar-refractivity contribution in [2.24, 2.45) is 16.5 Å². The molecule has 7 heteroatoms. The molecule has 0 spiro atoms. The number of nitriles is 1. The number of hydrogen-bond donors (Lipinski definition) is 2. The summed E-state index contributed by atoms with van der Waals surface area (Å²) in [4.78, 5) is 0. The van der Waals surface area contributed by atoms with Crippen LogP contribution in [-0.4, -0.2) is 15.0 Å². The van der Waals surface area contributed by atoms with Gasteiger partial charge in [0.2, 0.25) is 0 Å². The van der Waals surface area contributed by atoms with Crippen LogP contribution in [0.3, 0.4) is 0 Å². The van der Waals surface area contributed by atoms with Crippen LogP contribution in [0.5, 0.6) is 5.75 Å². The van der Waals surface area contributed by atoms with Crippen molar-refractivity contribution in [1.82, 2.24) is 0 Å². The van der Waals surface area contributed by atoms with E-state index in [1.165, 1.54) is 6.07 Å². The van der Waals surface area contributed by atoms with Crippen molar-refractivity contribution in [2.45, 2.75) is 47.0 Å². The van der Waals surface area contributed by atoms with Crippen molar-refractivity contribution in [1.29, 1.82) is 5.26 Å². The van der Waals surface area contributed by atoms with E-state index in [-0.39, 0.29) is 16.7 Å². The van der Waals surface area contributed by atoms with Crippen molar-refractivity contribution < 1.29 is 13.2 Å². The molecule has 6 nitrogen and oxygen atoms in total. The first-order chi connectivity index (χ1) is 11.1. The van der Waals surface area contributed by atoms with E-state index in [4.69, 9.17) is 9.88 Å². The van der Waals surface area contributed by atoms with Crippen LogP contribution in [0, 0.1) is 22.7 Å². The molecule has 0 saturated carbocycles. The zero-order valence-corrected chi connectivity index (χ0v) is 15.6. The Morgan fingerprint density at radius 1 is 1.38 bits per heavy atom. The molecule has 0 radical (unpaired) electrons. The number of nitrogens with two attached hydrogens (primary N) is 1. The quantitative estimate of drug-likeness (QED) is 0.747. The largest absolute Gasteiger partial charge is 0.492 e. The molecule has 0 heterocycles. The molecule has 1 rings (SSSR count). The fourth-order valence-electron chi connectivity index (χ4n) is 2.26. The molecular weight excluding hydrogens is 326 g/mol. The Balaban J connectivity index is 2.84. The lowest BCUT2D eigenvalue weighted by Gasteiger charge is -2.23. The number of hydrogen-bond acceptors (Lipinski definition) is 4. The van der Waals surface area contributed by atoms with Crippen molar-refractivity contribution in [3.8, 4) is 11.8 Å². The van der Waals surface area contributed by atoms with Gasteiger partial charge in [0.1, 0.15) is 17.4 Å². The zero-order valence-electron chi connectivity index (χ0n) is 14.8. The summed E-state index contributed by atoms with van der Waals surface area (Å²) in [6.45, 7) is 9.21. The molecule has 1 atom stereocenters. The van der Waals surface area contributed by atoms with Gasteiger partial charge in [-0.25, -0.2) is 5.14 Å². The molecule has 1 aromatic rings. The highest BCUT2D eigenvalue weighted by atomic mass is 32.2. The van der Waals surface area contributed by atoms with Gasteiger partial charge in [0.05, 0.1) is 12.3 Å². The summed E-state index contributed by atoms with van der Waals surface area (Å²) in [5, 5.41) is 14.3. The monoisotopic (exact) mass is 353 g/mol. The fourth-order valence-corrected chi connectivity index (χ4v) is 2.73. The maximum atomic E-state index is 11.2. The lowest BCUT2D eigenvalue weighted by Crippen LogP contribution is -2.22. The summed E-state index contributed by atoms with van der Waals surface area (Å²) in [7, 11) is -3.94. The van der Waals surface area contributed by atoms with Gasteiger partial charge in [-0.1, -0.05) is 40.2 Å². The Bertz CT molecular complexity index is 688. The summed E-state index contributed by atoms with van der Waals surface area (Å²) in [5.74, 6) is 0.742. The van der Waals surface area contributed by atoms with Crippen LogP contribution >= 0.6 is 0 Å². The van der Waals surface area contributed by atoms with Crippen molar-refractivity contribution in [2.75, 3.05) is 11.3 Å². The minimum atomic E-state index is -3.94. The lowest BCUT2D eigenvalue weighted by atomic mass is 9.86. The molecule has 134 valence electrons. The molecule has 0 saturated heterocycles. The molecule has 3 N–H and O–H groups in total. The van der Waals surface area contributed by atoms with Gasteiger partial charge in [0.25, 0.3) is 10.2 Å². The average Bonchev–Trinajstić information content (AvgIpc) is 2.45. The average molecular weight is 353 g/mol. The highest BCUT2D eigenvalue weighted by Gasteiger charge is 2.17. The first-order valence-electron chi connectivity index (χ1n) is 8.02. The number of rotatable bonds is 8. The van der Waals surface area contributed by atoms with Crippen LogP contribution in [-0.2, 0) is 10.2 Å². The van der Waals surface area contributed by atoms with Gasteiger partial charge in [-0.05, 0) is 36.3 Å². The van der Waals surface area contributed by atoms with E-state index in [1.807, 2.05) is 6.07 Å². The first kappa shape index (κ1) is 20.3. The van der Waals surface area contributed by atoms with Crippen LogP contribution < -0.4 is 14.6 Å². The second-order valence-corrected chi connectivity index (χ2v) is 8.42. The van der Waals surface area contributed by atoms with Gasteiger partial charge >= 0.3 is 0 Å². The predicted molar refractivity (Wildman–Crippen MR) is 95.9 cm³/mol. The van der Waals surface area contributed by atoms with Crippen molar-refractivity contribution >= 4 is 15.9 Å². The third-order valence-electron chi connectivity index (χ3n) is 3.74. The van der Waals surface area contributed by atoms with Crippen molar-refractivity contribution in [3.63, 3.8) is 0 Å². The summed E-state index contributed by atoms with van der Waals surface area (Å²) < 4.78 is 30.3. The van der Waals surface area contributed by atoms with E-state index in [0.29, 0.717) is 18.3 Å². The third kappa shape index (κ3) is 7.20. The molecule has 0 aromatic heterocycles. The SMILES string of the molecule is CCC(CCC(C)(C)C)COc1cccc(NS(N)(=O)=O)c1C#N. The number of anilines is 1. The zero-order chi connectivity index (χ0) is 18.4. The first-order valence-corrected chi connectivity index (χ1v) is 9.57. The van der Waals surface area contributed by atoms with Gasteiger partial charge in [0.15, 0.2) is 0 Å². The summed E-state index contributed by atoms with van der Waals surface area (Å²) in [6.07, 6.45) is 3.11. The molecular formula is C17H27N3O3S. The summed E-state index contributed by atoms with van der Waals surface area (Å²) >= 11 is 0. The van der Waals surface area contributed by atoms with Crippen LogP contribution in [0.2, 0.25) is 0 Å². The molecule has 0 aliphatic rings. The van der Waals surface area contributed by atoms with Gasteiger partial charge in [-0.3, -0.25) is 4.72 Å². The van der Waals surface area contributed by atoms with E-state index in [9.17, 15) is 13.7 Å². The van der Waals surface area contributed by atoms with Gasteiger partial charge < -0.3 is 4.74 Å². The maximum Gasteiger partial charge on any atom is 0.296 e. The topological polar surface area (TPSA) is 105 Å². The van der Waals surface area contributed by atoms with Gasteiger partial charge in [0, 0.05) is 0 Å². The van der Waals surface area contributed by atoms with E-state index < -0.39 is 10.2 Å². The second kappa shape index (κ2) is 8.36. The minimum Gasteiger partial charge on any atom is -0.492 e.